The standard InChI is InChI=1S/C10H12N6O3/c1-15(2)10-13-8(19-14-10)6-12-9-7(16(17)18)4-3-5-11-9/h3-5H,6H2,1-2H3,(H,11,12). The summed E-state index contributed by atoms with van der Waals surface area (Å²) in [4.78, 5) is 20.0. The summed E-state index contributed by atoms with van der Waals surface area (Å²) in [6, 6.07) is 2.87. The number of nitro groups is 1. The van der Waals surface area contributed by atoms with E-state index in [1.807, 2.05) is 0 Å². The summed E-state index contributed by atoms with van der Waals surface area (Å²) in [5.74, 6) is 0.924. The number of rotatable bonds is 5. The second-order valence-corrected chi connectivity index (χ2v) is 3.86. The van der Waals surface area contributed by atoms with Crippen LogP contribution in [-0.4, -0.2) is 34.1 Å². The van der Waals surface area contributed by atoms with E-state index in [0.29, 0.717) is 11.8 Å². The molecule has 0 aliphatic rings. The van der Waals surface area contributed by atoms with Crippen LogP contribution in [0.15, 0.2) is 22.9 Å². The van der Waals surface area contributed by atoms with Gasteiger partial charge in [0, 0.05) is 26.4 Å². The monoisotopic (exact) mass is 264 g/mol. The van der Waals surface area contributed by atoms with Crippen LogP contribution in [0.25, 0.3) is 0 Å². The molecule has 0 saturated carbocycles. The highest BCUT2D eigenvalue weighted by Gasteiger charge is 2.15. The minimum absolute atomic E-state index is 0.102. The van der Waals surface area contributed by atoms with Crippen LogP contribution < -0.4 is 10.2 Å². The topological polar surface area (TPSA) is 110 Å². The van der Waals surface area contributed by atoms with E-state index in [1.165, 1.54) is 18.3 Å². The maximum absolute atomic E-state index is 10.8. The molecular weight excluding hydrogens is 252 g/mol. The molecule has 9 nitrogen and oxygen atoms in total. The maximum Gasteiger partial charge on any atom is 0.311 e. The van der Waals surface area contributed by atoms with Crippen LogP contribution in [0.3, 0.4) is 0 Å². The Balaban J connectivity index is 2.08. The van der Waals surface area contributed by atoms with Gasteiger partial charge >= 0.3 is 5.69 Å². The van der Waals surface area contributed by atoms with E-state index < -0.39 is 4.92 Å². The molecule has 0 bridgehead atoms. The lowest BCUT2D eigenvalue weighted by atomic mass is 10.4. The molecule has 0 aliphatic carbocycles. The number of aromatic nitrogens is 3. The highest BCUT2D eigenvalue weighted by atomic mass is 16.6. The first kappa shape index (κ1) is 12.7. The smallest absolute Gasteiger partial charge is 0.311 e. The van der Waals surface area contributed by atoms with Crippen LogP contribution in [0.4, 0.5) is 17.5 Å². The first-order valence-corrected chi connectivity index (χ1v) is 5.41. The molecule has 19 heavy (non-hydrogen) atoms. The fourth-order valence-electron chi connectivity index (χ4n) is 1.34. The van der Waals surface area contributed by atoms with Crippen molar-refractivity contribution in [3.63, 3.8) is 0 Å². The van der Waals surface area contributed by atoms with E-state index in [0.717, 1.165) is 0 Å². The Kier molecular flexibility index (Phi) is 3.55. The lowest BCUT2D eigenvalue weighted by Gasteiger charge is -2.03. The summed E-state index contributed by atoms with van der Waals surface area (Å²) >= 11 is 0. The van der Waals surface area contributed by atoms with Crippen molar-refractivity contribution in [3.8, 4) is 0 Å². The number of hydrogen-bond donors (Lipinski definition) is 1. The van der Waals surface area contributed by atoms with Crippen LogP contribution in [0.2, 0.25) is 0 Å². The van der Waals surface area contributed by atoms with Crippen LogP contribution in [0, 0.1) is 10.1 Å². The Hall–Kier alpha value is -2.71. The van der Waals surface area contributed by atoms with Crippen molar-refractivity contribution in [1.82, 2.24) is 15.1 Å². The predicted molar refractivity (Wildman–Crippen MR) is 66.8 cm³/mol. The lowest BCUT2D eigenvalue weighted by molar-refractivity contribution is -0.384. The van der Waals surface area contributed by atoms with Crippen molar-refractivity contribution in [3.05, 3.63) is 34.3 Å². The molecule has 0 spiro atoms. The molecule has 2 rings (SSSR count). The second-order valence-electron chi connectivity index (χ2n) is 3.86. The molecule has 9 heteroatoms. The van der Waals surface area contributed by atoms with Gasteiger partial charge in [-0.15, -0.1) is 0 Å². The molecule has 0 amide bonds. The quantitative estimate of drug-likeness (QED) is 0.630. The Morgan fingerprint density at radius 2 is 2.32 bits per heavy atom. The third kappa shape index (κ3) is 2.94. The first-order chi connectivity index (χ1) is 9.08. The Morgan fingerprint density at radius 3 is 2.95 bits per heavy atom. The molecule has 1 N–H and O–H groups in total. The Labute approximate surface area is 108 Å². The fourth-order valence-corrected chi connectivity index (χ4v) is 1.34. The lowest BCUT2D eigenvalue weighted by Crippen LogP contribution is -2.10. The molecule has 0 fully saturated rings. The summed E-state index contributed by atoms with van der Waals surface area (Å²) in [6.45, 7) is 0.165. The number of nitrogens with zero attached hydrogens (tertiary/aromatic N) is 5. The van der Waals surface area contributed by atoms with Crippen molar-refractivity contribution in [1.29, 1.82) is 0 Å². The molecular formula is C10H12N6O3. The van der Waals surface area contributed by atoms with Gasteiger partial charge in [-0.1, -0.05) is 0 Å². The second kappa shape index (κ2) is 5.29. The van der Waals surface area contributed by atoms with Gasteiger partial charge in [-0.05, 0) is 11.2 Å². The van der Waals surface area contributed by atoms with E-state index in [4.69, 9.17) is 4.52 Å². The van der Waals surface area contributed by atoms with E-state index in [-0.39, 0.29) is 18.1 Å². The van der Waals surface area contributed by atoms with Gasteiger partial charge in [-0.2, -0.15) is 4.98 Å². The summed E-state index contributed by atoms with van der Waals surface area (Å²) in [6.07, 6.45) is 1.47. The van der Waals surface area contributed by atoms with Crippen molar-refractivity contribution in [2.24, 2.45) is 0 Å². The van der Waals surface area contributed by atoms with Gasteiger partial charge in [0.25, 0.3) is 5.95 Å². The normalized spacial score (nSPS) is 10.2. The zero-order chi connectivity index (χ0) is 13.8. The molecule has 0 atom stereocenters. The number of pyridine rings is 1. The van der Waals surface area contributed by atoms with Crippen molar-refractivity contribution in [2.75, 3.05) is 24.3 Å². The third-order valence-corrected chi connectivity index (χ3v) is 2.25. The maximum atomic E-state index is 10.8. The minimum Gasteiger partial charge on any atom is -0.355 e. The highest BCUT2D eigenvalue weighted by molar-refractivity contribution is 5.54. The Morgan fingerprint density at radius 1 is 1.53 bits per heavy atom. The Bertz CT molecular complexity index is 582. The van der Waals surface area contributed by atoms with Crippen LogP contribution in [-0.2, 0) is 6.54 Å². The zero-order valence-electron chi connectivity index (χ0n) is 10.4. The van der Waals surface area contributed by atoms with Crippen molar-refractivity contribution >= 4 is 17.5 Å². The van der Waals surface area contributed by atoms with E-state index >= 15 is 0 Å². The van der Waals surface area contributed by atoms with Gasteiger partial charge in [0.2, 0.25) is 11.7 Å². The van der Waals surface area contributed by atoms with E-state index in [2.05, 4.69) is 20.4 Å². The van der Waals surface area contributed by atoms with Gasteiger partial charge in [0.05, 0.1) is 11.5 Å². The third-order valence-electron chi connectivity index (χ3n) is 2.25. The number of anilines is 2. The number of hydrogen-bond acceptors (Lipinski definition) is 8. The SMILES string of the molecule is CN(C)c1noc(CNc2ncccc2[N+](=O)[O-])n1. The van der Waals surface area contributed by atoms with Crippen LogP contribution in [0.1, 0.15) is 5.89 Å². The highest BCUT2D eigenvalue weighted by Crippen LogP contribution is 2.20. The van der Waals surface area contributed by atoms with Crippen molar-refractivity contribution < 1.29 is 9.45 Å². The summed E-state index contributed by atoms with van der Waals surface area (Å²) < 4.78 is 4.99. The average Bonchev–Trinajstić information content (AvgIpc) is 2.85. The summed E-state index contributed by atoms with van der Waals surface area (Å²) in [5, 5.41) is 17.3. The molecule has 0 radical (unpaired) electrons. The zero-order valence-corrected chi connectivity index (χ0v) is 10.4. The number of nitrogens with one attached hydrogen (secondary N) is 1. The predicted octanol–water partition coefficient (Wildman–Crippen LogP) is 1.05. The minimum atomic E-state index is -0.506. The molecule has 2 aromatic rings. The first-order valence-electron chi connectivity index (χ1n) is 5.41. The molecule has 0 saturated heterocycles. The van der Waals surface area contributed by atoms with Crippen molar-refractivity contribution in [2.45, 2.75) is 6.54 Å². The van der Waals surface area contributed by atoms with Gasteiger partial charge in [-0.25, -0.2) is 4.98 Å². The molecule has 100 valence electrons. The van der Waals surface area contributed by atoms with Gasteiger partial charge < -0.3 is 14.7 Å². The summed E-state index contributed by atoms with van der Waals surface area (Å²) in [5.41, 5.74) is -0.102. The van der Waals surface area contributed by atoms with Crippen LogP contribution in [0.5, 0.6) is 0 Å². The fraction of sp³-hybridized carbons (Fsp3) is 0.300. The molecule has 2 aromatic heterocycles. The molecule has 0 aliphatic heterocycles. The van der Waals surface area contributed by atoms with Crippen LogP contribution >= 0.6 is 0 Å². The van der Waals surface area contributed by atoms with Gasteiger partial charge in [-0.3, -0.25) is 10.1 Å². The molecule has 2 heterocycles. The van der Waals surface area contributed by atoms with Gasteiger partial charge in [0.15, 0.2) is 0 Å². The molecule has 0 aromatic carbocycles. The summed E-state index contributed by atoms with van der Waals surface area (Å²) in [7, 11) is 3.57. The molecule has 0 unspecified atom stereocenters. The largest absolute Gasteiger partial charge is 0.355 e. The van der Waals surface area contributed by atoms with Gasteiger partial charge in [0.1, 0.15) is 0 Å². The van der Waals surface area contributed by atoms with E-state index in [1.54, 1.807) is 19.0 Å². The average molecular weight is 264 g/mol. The van der Waals surface area contributed by atoms with E-state index in [9.17, 15) is 10.1 Å².